The van der Waals surface area contributed by atoms with Gasteiger partial charge in [0.1, 0.15) is 17.0 Å². The predicted octanol–water partition coefficient (Wildman–Crippen LogP) is 2.24. The Morgan fingerprint density at radius 3 is 2.56 bits per heavy atom. The average molecular weight is 431 g/mol. The molecule has 32 heavy (non-hydrogen) atoms. The molecular formula is C22H21N7O3. The van der Waals surface area contributed by atoms with Crippen molar-refractivity contribution in [3.63, 3.8) is 0 Å². The molecule has 0 atom stereocenters. The van der Waals surface area contributed by atoms with Gasteiger partial charge in [-0.25, -0.2) is 9.98 Å². The molecule has 3 aromatic heterocycles. The highest BCUT2D eigenvalue weighted by molar-refractivity contribution is 6.28. The predicted molar refractivity (Wildman–Crippen MR) is 121 cm³/mol. The molecule has 0 aliphatic carbocycles. The van der Waals surface area contributed by atoms with Crippen LogP contribution in [0.4, 0.5) is 5.82 Å². The molecule has 10 nitrogen and oxygen atoms in total. The van der Waals surface area contributed by atoms with Crippen LogP contribution in [0.5, 0.6) is 0 Å². The molecule has 4 heterocycles. The topological polar surface area (TPSA) is 124 Å². The van der Waals surface area contributed by atoms with Crippen LogP contribution in [0, 0.1) is 13.8 Å². The molecule has 0 spiro atoms. The standard InChI is InChI=1S/C22H21N7O3/c1-6-28-10-16(18(30)15-8-7-11(2)23-19(15)28)21(32)25-17-9-12(3)27-29(17)22-24-14(5)13(4)20(31)26-22/h7-10H,4,6H2,1-3,5H3,(H,25,32). The van der Waals surface area contributed by atoms with E-state index in [1.54, 1.807) is 36.6 Å². The fraction of sp³-hybridized carbons (Fsp3) is 0.227. The van der Waals surface area contributed by atoms with Crippen molar-refractivity contribution in [3.05, 3.63) is 63.7 Å². The summed E-state index contributed by atoms with van der Waals surface area (Å²) in [6.45, 7) is 11.3. The minimum Gasteiger partial charge on any atom is -0.332 e. The lowest BCUT2D eigenvalue weighted by Crippen LogP contribution is -2.28. The summed E-state index contributed by atoms with van der Waals surface area (Å²) >= 11 is 0. The van der Waals surface area contributed by atoms with Gasteiger partial charge in [-0.3, -0.25) is 14.4 Å². The Kier molecular flexibility index (Phi) is 5.13. The molecule has 1 N–H and O–H groups in total. The number of carbonyl (C=O) groups excluding carboxylic acids is 2. The number of aryl methyl sites for hydroxylation is 3. The number of hydrogen-bond acceptors (Lipinski definition) is 6. The van der Waals surface area contributed by atoms with Crippen molar-refractivity contribution in [3.8, 4) is 0 Å². The molecule has 0 saturated heterocycles. The fourth-order valence-electron chi connectivity index (χ4n) is 3.34. The van der Waals surface area contributed by atoms with E-state index >= 15 is 0 Å². The first kappa shape index (κ1) is 21.0. The first-order chi connectivity index (χ1) is 15.2. The van der Waals surface area contributed by atoms with E-state index in [-0.39, 0.29) is 22.9 Å². The summed E-state index contributed by atoms with van der Waals surface area (Å²) in [6, 6.07) is 5.00. The summed E-state index contributed by atoms with van der Waals surface area (Å²) in [5.74, 6) is -0.907. The van der Waals surface area contributed by atoms with Gasteiger partial charge in [-0.1, -0.05) is 6.58 Å². The van der Waals surface area contributed by atoms with Crippen molar-refractivity contribution < 1.29 is 9.59 Å². The smallest absolute Gasteiger partial charge is 0.281 e. The van der Waals surface area contributed by atoms with E-state index in [9.17, 15) is 14.4 Å². The van der Waals surface area contributed by atoms with Crippen molar-refractivity contribution in [2.75, 3.05) is 5.32 Å². The molecule has 0 saturated carbocycles. The third kappa shape index (κ3) is 3.55. The number of nitrogens with zero attached hydrogens (tertiary/aromatic N) is 6. The number of amides is 2. The second-order valence-corrected chi connectivity index (χ2v) is 7.41. The van der Waals surface area contributed by atoms with Crippen LogP contribution < -0.4 is 10.7 Å². The Hall–Kier alpha value is -4.21. The number of hydrogen-bond donors (Lipinski definition) is 1. The van der Waals surface area contributed by atoms with E-state index in [2.05, 4.69) is 32.0 Å². The summed E-state index contributed by atoms with van der Waals surface area (Å²) < 4.78 is 3.01. The van der Waals surface area contributed by atoms with Crippen LogP contribution in [0.1, 0.15) is 35.6 Å². The Bertz CT molecular complexity index is 1440. The Balaban J connectivity index is 1.76. The highest BCUT2D eigenvalue weighted by Gasteiger charge is 2.23. The molecule has 0 bridgehead atoms. The zero-order valence-corrected chi connectivity index (χ0v) is 18.1. The number of carbonyl (C=O) groups is 2. The van der Waals surface area contributed by atoms with Gasteiger partial charge in [-0.15, -0.1) is 0 Å². The molecular weight excluding hydrogens is 410 g/mol. The summed E-state index contributed by atoms with van der Waals surface area (Å²) in [6.07, 6.45) is 1.49. The van der Waals surface area contributed by atoms with Crippen LogP contribution in [0.15, 0.2) is 51.3 Å². The quantitative estimate of drug-likeness (QED) is 0.637. The monoisotopic (exact) mass is 431 g/mol. The molecule has 1 aliphatic heterocycles. The Morgan fingerprint density at radius 2 is 1.88 bits per heavy atom. The van der Waals surface area contributed by atoms with Crippen LogP contribution in [0.2, 0.25) is 0 Å². The molecule has 0 unspecified atom stereocenters. The van der Waals surface area contributed by atoms with Crippen LogP contribution in [-0.4, -0.2) is 42.8 Å². The van der Waals surface area contributed by atoms with Crippen molar-refractivity contribution >= 4 is 40.3 Å². The van der Waals surface area contributed by atoms with Gasteiger partial charge in [0.2, 0.25) is 5.43 Å². The van der Waals surface area contributed by atoms with Crippen LogP contribution in [0.25, 0.3) is 11.0 Å². The van der Waals surface area contributed by atoms with Gasteiger partial charge < -0.3 is 9.88 Å². The second-order valence-electron chi connectivity index (χ2n) is 7.41. The number of aromatic nitrogens is 4. The molecule has 2 amide bonds. The number of nitrogens with one attached hydrogen (secondary N) is 1. The molecule has 3 aromatic rings. The zero-order chi connectivity index (χ0) is 23.2. The number of fused-ring (bicyclic) bond motifs is 1. The number of aliphatic imine (C=N–C) groups is 2. The molecule has 0 aromatic carbocycles. The van der Waals surface area contributed by atoms with Crippen LogP contribution in [0.3, 0.4) is 0 Å². The van der Waals surface area contributed by atoms with E-state index in [4.69, 9.17) is 0 Å². The lowest BCUT2D eigenvalue weighted by Gasteiger charge is -2.14. The van der Waals surface area contributed by atoms with E-state index in [1.807, 2.05) is 13.8 Å². The maximum Gasteiger partial charge on any atom is 0.281 e. The zero-order valence-electron chi connectivity index (χ0n) is 18.1. The highest BCUT2D eigenvalue weighted by Crippen LogP contribution is 2.17. The lowest BCUT2D eigenvalue weighted by atomic mass is 10.1. The minimum absolute atomic E-state index is 0.00690. The fourth-order valence-corrected chi connectivity index (χ4v) is 3.34. The van der Waals surface area contributed by atoms with Gasteiger partial charge in [-0.05, 0) is 39.8 Å². The van der Waals surface area contributed by atoms with Gasteiger partial charge in [-0.2, -0.15) is 14.8 Å². The first-order valence-electron chi connectivity index (χ1n) is 9.96. The Morgan fingerprint density at radius 1 is 1.12 bits per heavy atom. The molecule has 1 aliphatic rings. The first-order valence-corrected chi connectivity index (χ1v) is 9.96. The van der Waals surface area contributed by atoms with E-state index < -0.39 is 17.2 Å². The van der Waals surface area contributed by atoms with Gasteiger partial charge in [0.25, 0.3) is 17.8 Å². The average Bonchev–Trinajstić information content (AvgIpc) is 3.11. The minimum atomic E-state index is -0.617. The Labute approximate surface area is 183 Å². The van der Waals surface area contributed by atoms with Gasteiger partial charge >= 0.3 is 0 Å². The van der Waals surface area contributed by atoms with Crippen molar-refractivity contribution in [1.82, 2.24) is 19.3 Å². The van der Waals surface area contributed by atoms with Crippen molar-refractivity contribution in [2.45, 2.75) is 34.2 Å². The highest BCUT2D eigenvalue weighted by atomic mass is 16.2. The van der Waals surface area contributed by atoms with Crippen molar-refractivity contribution in [2.24, 2.45) is 9.98 Å². The summed E-state index contributed by atoms with van der Waals surface area (Å²) in [4.78, 5) is 50.8. The van der Waals surface area contributed by atoms with E-state index in [1.165, 1.54) is 10.9 Å². The number of pyridine rings is 2. The third-order valence-electron chi connectivity index (χ3n) is 5.07. The molecule has 162 valence electrons. The normalized spacial score (nSPS) is 13.9. The molecule has 4 rings (SSSR count). The summed E-state index contributed by atoms with van der Waals surface area (Å²) in [5, 5.41) is 7.33. The van der Waals surface area contributed by atoms with Gasteiger partial charge in [0, 0.05) is 24.5 Å². The largest absolute Gasteiger partial charge is 0.332 e. The SMILES string of the molecule is C=C1C(=O)N=C(n2nc(C)cc2NC(=O)c2cn(CC)c3nc(C)ccc3c2=O)N=C1C. The maximum absolute atomic E-state index is 13.1. The number of anilines is 1. The molecule has 0 radical (unpaired) electrons. The third-order valence-corrected chi connectivity index (χ3v) is 5.07. The van der Waals surface area contributed by atoms with E-state index in [0.29, 0.717) is 29.0 Å². The molecule has 0 fully saturated rings. The number of rotatable bonds is 3. The van der Waals surface area contributed by atoms with Gasteiger partial charge in [0.15, 0.2) is 0 Å². The summed E-state index contributed by atoms with van der Waals surface area (Å²) in [5.41, 5.74) is 2.01. The van der Waals surface area contributed by atoms with Gasteiger partial charge in [0.05, 0.1) is 22.4 Å². The van der Waals surface area contributed by atoms with E-state index in [0.717, 1.165) is 5.69 Å². The summed E-state index contributed by atoms with van der Waals surface area (Å²) in [7, 11) is 0. The lowest BCUT2D eigenvalue weighted by molar-refractivity contribution is -0.113. The molecule has 10 heteroatoms. The maximum atomic E-state index is 13.1. The van der Waals surface area contributed by atoms with Crippen LogP contribution >= 0.6 is 0 Å². The second kappa shape index (κ2) is 7.80. The van der Waals surface area contributed by atoms with Crippen molar-refractivity contribution in [1.29, 1.82) is 0 Å². The van der Waals surface area contributed by atoms with Crippen LogP contribution in [-0.2, 0) is 11.3 Å².